The molecule has 1 unspecified atom stereocenters. The van der Waals surface area contributed by atoms with E-state index in [4.69, 9.17) is 9.47 Å². The van der Waals surface area contributed by atoms with Gasteiger partial charge in [-0.1, -0.05) is 13.3 Å². The van der Waals surface area contributed by atoms with Crippen molar-refractivity contribution in [2.45, 2.75) is 58.9 Å². The quantitative estimate of drug-likeness (QED) is 0.578. The molecule has 0 aliphatic rings. The van der Waals surface area contributed by atoms with Crippen molar-refractivity contribution < 1.29 is 9.47 Å². The van der Waals surface area contributed by atoms with Crippen LogP contribution in [0.2, 0.25) is 0 Å². The molecular formula is C15H33NO2. The van der Waals surface area contributed by atoms with Crippen LogP contribution < -0.4 is 5.32 Å². The van der Waals surface area contributed by atoms with Gasteiger partial charge in [0.05, 0.1) is 13.2 Å². The monoisotopic (exact) mass is 259 g/mol. The predicted molar refractivity (Wildman–Crippen MR) is 78.1 cm³/mol. The van der Waals surface area contributed by atoms with Gasteiger partial charge in [0.1, 0.15) is 0 Å². The predicted octanol–water partition coefficient (Wildman–Crippen LogP) is 3.23. The van der Waals surface area contributed by atoms with E-state index in [9.17, 15) is 0 Å². The molecular weight excluding hydrogens is 226 g/mol. The molecule has 0 aliphatic carbocycles. The molecule has 0 spiro atoms. The third kappa shape index (κ3) is 12.3. The SMILES string of the molecule is CCCC(CCCOCCOC)CNC(C)(C)C. The fourth-order valence-corrected chi connectivity index (χ4v) is 1.93. The molecule has 3 heteroatoms. The highest BCUT2D eigenvalue weighted by Crippen LogP contribution is 2.14. The highest BCUT2D eigenvalue weighted by molar-refractivity contribution is 4.73. The zero-order valence-electron chi connectivity index (χ0n) is 13.1. The second-order valence-electron chi connectivity index (χ2n) is 6.03. The zero-order chi connectivity index (χ0) is 13.9. The lowest BCUT2D eigenvalue weighted by Gasteiger charge is -2.25. The van der Waals surface area contributed by atoms with Crippen molar-refractivity contribution in [3.8, 4) is 0 Å². The molecule has 0 radical (unpaired) electrons. The van der Waals surface area contributed by atoms with Crippen molar-refractivity contribution >= 4 is 0 Å². The van der Waals surface area contributed by atoms with Crippen LogP contribution in [0.5, 0.6) is 0 Å². The van der Waals surface area contributed by atoms with E-state index in [0.29, 0.717) is 6.61 Å². The number of methoxy groups -OCH3 is 1. The lowest BCUT2D eigenvalue weighted by Crippen LogP contribution is -2.39. The Morgan fingerprint density at radius 1 is 1.06 bits per heavy atom. The Labute approximate surface area is 114 Å². The van der Waals surface area contributed by atoms with Gasteiger partial charge in [0.25, 0.3) is 0 Å². The van der Waals surface area contributed by atoms with Gasteiger partial charge in [0, 0.05) is 19.3 Å². The average Bonchev–Trinajstić information content (AvgIpc) is 2.29. The Bertz CT molecular complexity index is 178. The first-order chi connectivity index (χ1) is 8.49. The van der Waals surface area contributed by atoms with E-state index in [1.54, 1.807) is 7.11 Å². The van der Waals surface area contributed by atoms with Crippen molar-refractivity contribution in [2.75, 3.05) is 33.5 Å². The average molecular weight is 259 g/mol. The molecule has 0 amide bonds. The number of hydrogen-bond acceptors (Lipinski definition) is 3. The normalized spacial score (nSPS) is 13.8. The van der Waals surface area contributed by atoms with Crippen LogP contribution in [-0.2, 0) is 9.47 Å². The lowest BCUT2D eigenvalue weighted by atomic mass is 9.96. The summed E-state index contributed by atoms with van der Waals surface area (Å²) in [6.45, 7) is 12.3. The minimum absolute atomic E-state index is 0.223. The van der Waals surface area contributed by atoms with Gasteiger partial charge in [-0.05, 0) is 52.5 Å². The van der Waals surface area contributed by atoms with Crippen molar-refractivity contribution in [1.82, 2.24) is 5.32 Å². The standard InChI is InChI=1S/C15H33NO2/c1-6-8-14(13-16-15(2,3)4)9-7-10-18-12-11-17-5/h14,16H,6-13H2,1-5H3. The minimum atomic E-state index is 0.223. The summed E-state index contributed by atoms with van der Waals surface area (Å²) in [6, 6.07) is 0. The summed E-state index contributed by atoms with van der Waals surface area (Å²) in [5.41, 5.74) is 0.223. The summed E-state index contributed by atoms with van der Waals surface area (Å²) in [5.74, 6) is 0.778. The highest BCUT2D eigenvalue weighted by Gasteiger charge is 2.13. The molecule has 0 bridgehead atoms. The Morgan fingerprint density at radius 2 is 1.78 bits per heavy atom. The van der Waals surface area contributed by atoms with Crippen molar-refractivity contribution in [1.29, 1.82) is 0 Å². The fraction of sp³-hybridized carbons (Fsp3) is 1.00. The topological polar surface area (TPSA) is 30.5 Å². The van der Waals surface area contributed by atoms with Gasteiger partial charge in [-0.25, -0.2) is 0 Å². The molecule has 0 saturated heterocycles. The summed E-state index contributed by atoms with van der Waals surface area (Å²) in [5, 5.41) is 3.61. The summed E-state index contributed by atoms with van der Waals surface area (Å²) in [4.78, 5) is 0. The van der Waals surface area contributed by atoms with Gasteiger partial charge in [0.15, 0.2) is 0 Å². The first kappa shape index (κ1) is 17.9. The van der Waals surface area contributed by atoms with Crippen molar-refractivity contribution in [2.24, 2.45) is 5.92 Å². The Kier molecular flexibility index (Phi) is 10.7. The Morgan fingerprint density at radius 3 is 2.33 bits per heavy atom. The number of rotatable bonds is 11. The molecule has 0 rings (SSSR count). The van der Waals surface area contributed by atoms with E-state index < -0.39 is 0 Å². The third-order valence-electron chi connectivity index (χ3n) is 2.95. The molecule has 0 aromatic carbocycles. The van der Waals surface area contributed by atoms with E-state index in [1.165, 1.54) is 19.3 Å². The molecule has 3 nitrogen and oxygen atoms in total. The van der Waals surface area contributed by atoms with E-state index in [1.807, 2.05) is 0 Å². The van der Waals surface area contributed by atoms with Gasteiger partial charge in [-0.2, -0.15) is 0 Å². The summed E-state index contributed by atoms with van der Waals surface area (Å²) >= 11 is 0. The van der Waals surface area contributed by atoms with Gasteiger partial charge < -0.3 is 14.8 Å². The van der Waals surface area contributed by atoms with Crippen molar-refractivity contribution in [3.63, 3.8) is 0 Å². The lowest BCUT2D eigenvalue weighted by molar-refractivity contribution is 0.0669. The van der Waals surface area contributed by atoms with Crippen LogP contribution in [0.1, 0.15) is 53.4 Å². The largest absolute Gasteiger partial charge is 0.382 e. The van der Waals surface area contributed by atoms with Crippen molar-refractivity contribution in [3.05, 3.63) is 0 Å². The van der Waals surface area contributed by atoms with Crippen LogP contribution >= 0.6 is 0 Å². The molecule has 0 aromatic heterocycles. The number of ether oxygens (including phenoxy) is 2. The Balaban J connectivity index is 3.63. The van der Waals surface area contributed by atoms with Gasteiger partial charge in [-0.15, -0.1) is 0 Å². The first-order valence-electron chi connectivity index (χ1n) is 7.31. The second-order valence-corrected chi connectivity index (χ2v) is 6.03. The smallest absolute Gasteiger partial charge is 0.0700 e. The van der Waals surface area contributed by atoms with Crippen LogP contribution in [0.25, 0.3) is 0 Å². The molecule has 110 valence electrons. The first-order valence-corrected chi connectivity index (χ1v) is 7.31. The Hall–Kier alpha value is -0.120. The molecule has 0 saturated carbocycles. The summed E-state index contributed by atoms with van der Waals surface area (Å²) in [7, 11) is 1.71. The summed E-state index contributed by atoms with van der Waals surface area (Å²) < 4.78 is 10.5. The molecule has 18 heavy (non-hydrogen) atoms. The molecule has 0 aliphatic heterocycles. The van der Waals surface area contributed by atoms with Crippen LogP contribution in [0.4, 0.5) is 0 Å². The van der Waals surface area contributed by atoms with Crippen LogP contribution in [-0.4, -0.2) is 39.0 Å². The van der Waals surface area contributed by atoms with Crippen LogP contribution in [0.3, 0.4) is 0 Å². The maximum absolute atomic E-state index is 5.50. The molecule has 1 atom stereocenters. The van der Waals surface area contributed by atoms with Gasteiger partial charge in [0.2, 0.25) is 0 Å². The molecule has 1 N–H and O–H groups in total. The summed E-state index contributed by atoms with van der Waals surface area (Å²) in [6.07, 6.45) is 4.98. The molecule has 0 heterocycles. The van der Waals surface area contributed by atoms with Crippen LogP contribution in [0, 0.1) is 5.92 Å². The van der Waals surface area contributed by atoms with E-state index >= 15 is 0 Å². The van der Waals surface area contributed by atoms with E-state index in [2.05, 4.69) is 33.0 Å². The maximum atomic E-state index is 5.50. The minimum Gasteiger partial charge on any atom is -0.382 e. The van der Waals surface area contributed by atoms with E-state index in [0.717, 1.165) is 32.1 Å². The van der Waals surface area contributed by atoms with Gasteiger partial charge in [-0.3, -0.25) is 0 Å². The van der Waals surface area contributed by atoms with Crippen LogP contribution in [0.15, 0.2) is 0 Å². The zero-order valence-corrected chi connectivity index (χ0v) is 13.1. The second kappa shape index (κ2) is 10.8. The fourth-order valence-electron chi connectivity index (χ4n) is 1.93. The number of hydrogen-bond donors (Lipinski definition) is 1. The maximum Gasteiger partial charge on any atom is 0.0700 e. The number of nitrogens with one attached hydrogen (secondary N) is 1. The third-order valence-corrected chi connectivity index (χ3v) is 2.95. The molecule has 0 fully saturated rings. The van der Waals surface area contributed by atoms with E-state index in [-0.39, 0.29) is 5.54 Å². The molecule has 0 aromatic rings. The van der Waals surface area contributed by atoms with Gasteiger partial charge >= 0.3 is 0 Å². The highest BCUT2D eigenvalue weighted by atomic mass is 16.5.